The van der Waals surface area contributed by atoms with Crippen LogP contribution in [0.1, 0.15) is 51.2 Å². The van der Waals surface area contributed by atoms with E-state index >= 15 is 0 Å². The quantitative estimate of drug-likeness (QED) is 0.762. The summed E-state index contributed by atoms with van der Waals surface area (Å²) in [4.78, 5) is 0. The molecule has 0 spiro atoms. The lowest BCUT2D eigenvalue weighted by Gasteiger charge is -2.27. The summed E-state index contributed by atoms with van der Waals surface area (Å²) in [5, 5.41) is 0. The molecule has 0 saturated heterocycles. The predicted octanol–water partition coefficient (Wildman–Crippen LogP) is 2.88. The zero-order valence-electron chi connectivity index (χ0n) is 13.4. The smallest absolute Gasteiger partial charge is 0.218 e. The molecule has 0 bridgehead atoms. The van der Waals surface area contributed by atoms with Gasteiger partial charge in [-0.05, 0) is 30.9 Å². The summed E-state index contributed by atoms with van der Waals surface area (Å²) in [5.74, 6) is 0.0505. The average Bonchev–Trinajstić information content (AvgIpc) is 2.46. The van der Waals surface area contributed by atoms with Gasteiger partial charge in [0.25, 0.3) is 0 Å². The maximum Gasteiger partial charge on any atom is 0.218 e. The number of unbranched alkanes of at least 4 members (excludes halogenated alkanes) is 1. The van der Waals surface area contributed by atoms with Crippen molar-refractivity contribution in [1.29, 1.82) is 0 Å². The highest BCUT2D eigenvalue weighted by atomic mass is 32.2. The predicted molar refractivity (Wildman–Crippen MR) is 88.3 cm³/mol. The highest BCUT2D eigenvalue weighted by molar-refractivity contribution is 7.88. The molecule has 0 amide bonds. The molecule has 0 saturated carbocycles. The molecule has 21 heavy (non-hydrogen) atoms. The fourth-order valence-electron chi connectivity index (χ4n) is 2.29. The SMILES string of the molecule is CCCCN(C(C)CC)S(=O)(=O)Cc1cccc(CN)c1. The van der Waals surface area contributed by atoms with Gasteiger partial charge >= 0.3 is 0 Å². The fraction of sp³-hybridized carbons (Fsp3) is 0.625. The largest absolute Gasteiger partial charge is 0.326 e. The first-order valence-corrected chi connectivity index (χ1v) is 9.32. The molecule has 1 atom stereocenters. The molecule has 0 heterocycles. The van der Waals surface area contributed by atoms with E-state index in [0.717, 1.165) is 30.4 Å². The van der Waals surface area contributed by atoms with Crippen molar-refractivity contribution in [3.05, 3.63) is 35.4 Å². The summed E-state index contributed by atoms with van der Waals surface area (Å²) in [6.07, 6.45) is 2.71. The van der Waals surface area contributed by atoms with E-state index in [1.807, 2.05) is 38.1 Å². The molecular weight excluding hydrogens is 284 g/mol. The highest BCUT2D eigenvalue weighted by Gasteiger charge is 2.26. The molecule has 0 aliphatic carbocycles. The third-order valence-corrected chi connectivity index (χ3v) is 5.70. The summed E-state index contributed by atoms with van der Waals surface area (Å²) in [5.41, 5.74) is 7.39. The molecule has 1 rings (SSSR count). The van der Waals surface area contributed by atoms with Crippen molar-refractivity contribution in [2.45, 2.75) is 58.4 Å². The Morgan fingerprint density at radius 3 is 2.48 bits per heavy atom. The minimum Gasteiger partial charge on any atom is -0.326 e. The topological polar surface area (TPSA) is 63.4 Å². The van der Waals surface area contributed by atoms with E-state index < -0.39 is 10.0 Å². The monoisotopic (exact) mass is 312 g/mol. The summed E-state index contributed by atoms with van der Waals surface area (Å²) in [6.45, 7) is 7.10. The molecule has 2 N–H and O–H groups in total. The minimum atomic E-state index is -3.29. The molecule has 0 radical (unpaired) electrons. The molecule has 4 nitrogen and oxygen atoms in total. The minimum absolute atomic E-state index is 0.0410. The van der Waals surface area contributed by atoms with E-state index in [1.54, 1.807) is 4.31 Å². The molecule has 5 heteroatoms. The Morgan fingerprint density at radius 1 is 1.24 bits per heavy atom. The Hall–Kier alpha value is -0.910. The van der Waals surface area contributed by atoms with Gasteiger partial charge in [0.05, 0.1) is 5.75 Å². The van der Waals surface area contributed by atoms with Crippen LogP contribution in [0.15, 0.2) is 24.3 Å². The third kappa shape index (κ3) is 5.41. The van der Waals surface area contributed by atoms with Gasteiger partial charge in [-0.15, -0.1) is 0 Å². The average molecular weight is 312 g/mol. The zero-order chi connectivity index (χ0) is 15.9. The lowest BCUT2D eigenvalue weighted by atomic mass is 10.1. The van der Waals surface area contributed by atoms with Crippen LogP contribution in [0.3, 0.4) is 0 Å². The Morgan fingerprint density at radius 2 is 1.90 bits per heavy atom. The Labute approximate surface area is 129 Å². The number of nitrogens with zero attached hydrogens (tertiary/aromatic N) is 1. The van der Waals surface area contributed by atoms with Gasteiger partial charge in [0.15, 0.2) is 0 Å². The van der Waals surface area contributed by atoms with Crippen molar-refractivity contribution < 1.29 is 8.42 Å². The van der Waals surface area contributed by atoms with Crippen LogP contribution >= 0.6 is 0 Å². The number of sulfonamides is 1. The summed E-state index contributed by atoms with van der Waals surface area (Å²) in [6, 6.07) is 7.56. The summed E-state index contributed by atoms with van der Waals surface area (Å²) >= 11 is 0. The number of hydrogen-bond donors (Lipinski definition) is 1. The molecule has 1 aromatic rings. The van der Waals surface area contributed by atoms with Crippen LogP contribution in [0.2, 0.25) is 0 Å². The molecule has 0 aromatic heterocycles. The molecule has 120 valence electrons. The van der Waals surface area contributed by atoms with Gasteiger partial charge < -0.3 is 5.73 Å². The molecule has 1 unspecified atom stereocenters. The highest BCUT2D eigenvalue weighted by Crippen LogP contribution is 2.17. The van der Waals surface area contributed by atoms with Crippen molar-refractivity contribution in [3.63, 3.8) is 0 Å². The Bertz CT molecular complexity index is 529. The van der Waals surface area contributed by atoms with E-state index in [-0.39, 0.29) is 11.8 Å². The van der Waals surface area contributed by atoms with Crippen LogP contribution in [-0.4, -0.2) is 25.3 Å². The number of nitrogens with two attached hydrogens (primary N) is 1. The number of hydrogen-bond acceptors (Lipinski definition) is 3. The molecule has 0 aliphatic rings. The van der Waals surface area contributed by atoms with E-state index in [0.29, 0.717) is 13.1 Å². The standard InChI is InChI=1S/C16H28N2O2S/c1-4-6-10-18(14(3)5-2)21(19,20)13-16-9-7-8-15(11-16)12-17/h7-9,11,14H,4-6,10,12-13,17H2,1-3H3. The second kappa shape index (κ2) is 8.51. The van der Waals surface area contributed by atoms with Gasteiger partial charge in [0.2, 0.25) is 10.0 Å². The van der Waals surface area contributed by atoms with Crippen LogP contribution in [0.5, 0.6) is 0 Å². The molecule has 0 aliphatic heterocycles. The van der Waals surface area contributed by atoms with Gasteiger partial charge in [0.1, 0.15) is 0 Å². The van der Waals surface area contributed by atoms with Crippen molar-refractivity contribution in [2.75, 3.05) is 6.54 Å². The first-order chi connectivity index (χ1) is 9.94. The van der Waals surface area contributed by atoms with Crippen molar-refractivity contribution in [2.24, 2.45) is 5.73 Å². The second-order valence-electron chi connectivity index (χ2n) is 5.50. The summed E-state index contributed by atoms with van der Waals surface area (Å²) in [7, 11) is -3.29. The Balaban J connectivity index is 2.94. The van der Waals surface area contributed by atoms with Gasteiger partial charge in [-0.25, -0.2) is 8.42 Å². The molecule has 0 fully saturated rings. The van der Waals surface area contributed by atoms with E-state index in [1.165, 1.54) is 0 Å². The van der Waals surface area contributed by atoms with Crippen molar-refractivity contribution in [1.82, 2.24) is 4.31 Å². The Kier molecular flexibility index (Phi) is 7.35. The maximum atomic E-state index is 12.7. The first-order valence-electron chi connectivity index (χ1n) is 7.72. The zero-order valence-corrected chi connectivity index (χ0v) is 14.2. The fourth-order valence-corrected chi connectivity index (χ4v) is 4.16. The summed E-state index contributed by atoms with van der Waals surface area (Å²) < 4.78 is 27.1. The van der Waals surface area contributed by atoms with Crippen molar-refractivity contribution >= 4 is 10.0 Å². The normalized spacial score (nSPS) is 13.6. The lowest BCUT2D eigenvalue weighted by Crippen LogP contribution is -2.39. The number of benzene rings is 1. The second-order valence-corrected chi connectivity index (χ2v) is 7.42. The van der Waals surface area contributed by atoms with Gasteiger partial charge in [0, 0.05) is 19.1 Å². The van der Waals surface area contributed by atoms with Crippen LogP contribution in [-0.2, 0) is 22.3 Å². The number of rotatable bonds is 9. The lowest BCUT2D eigenvalue weighted by molar-refractivity contribution is 0.324. The third-order valence-electron chi connectivity index (χ3n) is 3.75. The van der Waals surface area contributed by atoms with Gasteiger partial charge in [-0.2, -0.15) is 4.31 Å². The van der Waals surface area contributed by atoms with E-state index in [2.05, 4.69) is 6.92 Å². The van der Waals surface area contributed by atoms with Crippen LogP contribution in [0.25, 0.3) is 0 Å². The first kappa shape index (κ1) is 18.1. The van der Waals surface area contributed by atoms with Gasteiger partial charge in [-0.1, -0.05) is 44.5 Å². The molecular formula is C16H28N2O2S. The van der Waals surface area contributed by atoms with Crippen LogP contribution < -0.4 is 5.73 Å². The van der Waals surface area contributed by atoms with Crippen molar-refractivity contribution in [3.8, 4) is 0 Å². The van der Waals surface area contributed by atoms with Crippen LogP contribution in [0, 0.1) is 0 Å². The molecule has 1 aromatic carbocycles. The van der Waals surface area contributed by atoms with Crippen LogP contribution in [0.4, 0.5) is 0 Å². The van der Waals surface area contributed by atoms with E-state index in [9.17, 15) is 8.42 Å². The maximum absolute atomic E-state index is 12.7. The van der Waals surface area contributed by atoms with E-state index in [4.69, 9.17) is 5.73 Å². The van der Waals surface area contributed by atoms with Gasteiger partial charge in [-0.3, -0.25) is 0 Å².